The van der Waals surface area contributed by atoms with Crippen LogP contribution in [0.5, 0.6) is 0 Å². The van der Waals surface area contributed by atoms with Gasteiger partial charge in [-0.1, -0.05) is 46.7 Å². The predicted octanol–water partition coefficient (Wildman–Crippen LogP) is 6.57. The Labute approximate surface area is 194 Å². The van der Waals surface area contributed by atoms with Crippen LogP contribution in [0.15, 0.2) is 47.4 Å². The highest BCUT2D eigenvalue weighted by molar-refractivity contribution is 7.99. The van der Waals surface area contributed by atoms with E-state index < -0.39 is 0 Å². The fourth-order valence-corrected chi connectivity index (χ4v) is 5.31. The van der Waals surface area contributed by atoms with Gasteiger partial charge in [-0.05, 0) is 56.7 Å². The lowest BCUT2D eigenvalue weighted by molar-refractivity contribution is -0.116. The second-order valence-corrected chi connectivity index (χ2v) is 9.99. The fourth-order valence-electron chi connectivity index (χ4n) is 3.18. The SMILES string of the molecule is Cc1ccc(SCCCC(=O)Nc2cc(C)nn2-c2nc3c(C)ccc(Cl)c3s2)cc1. The van der Waals surface area contributed by atoms with Gasteiger partial charge in [0, 0.05) is 17.4 Å². The maximum atomic E-state index is 12.5. The molecule has 160 valence electrons. The van der Waals surface area contributed by atoms with Gasteiger partial charge in [0.15, 0.2) is 0 Å². The number of carbonyl (C=O) groups excluding carboxylic acids is 1. The standard InChI is InChI=1S/C23H23ClN4OS2/c1-14-6-9-17(10-7-14)30-12-4-5-20(29)25-19-13-16(3)27-28(19)23-26-21-15(2)8-11-18(24)22(21)31-23/h6-11,13H,4-5,12H2,1-3H3,(H,25,29). The zero-order valence-corrected chi connectivity index (χ0v) is 20.0. The molecule has 0 bridgehead atoms. The van der Waals surface area contributed by atoms with Gasteiger partial charge in [-0.3, -0.25) is 4.79 Å². The molecular weight excluding hydrogens is 448 g/mol. The number of aromatic nitrogens is 3. The molecule has 8 heteroatoms. The van der Waals surface area contributed by atoms with E-state index in [0.717, 1.165) is 33.6 Å². The van der Waals surface area contributed by atoms with Crippen LogP contribution in [-0.4, -0.2) is 26.4 Å². The third-order valence-corrected chi connectivity index (χ3v) is 7.39. The molecule has 1 N–H and O–H groups in total. The highest BCUT2D eigenvalue weighted by Crippen LogP contribution is 2.34. The van der Waals surface area contributed by atoms with Crippen molar-refractivity contribution in [3.8, 4) is 5.13 Å². The normalized spacial score (nSPS) is 11.2. The summed E-state index contributed by atoms with van der Waals surface area (Å²) in [6.45, 7) is 5.99. The van der Waals surface area contributed by atoms with E-state index in [1.165, 1.54) is 21.8 Å². The average Bonchev–Trinajstić information content (AvgIpc) is 3.34. The summed E-state index contributed by atoms with van der Waals surface area (Å²) in [4.78, 5) is 18.5. The van der Waals surface area contributed by atoms with Crippen molar-refractivity contribution in [3.63, 3.8) is 0 Å². The molecule has 0 saturated heterocycles. The summed E-state index contributed by atoms with van der Waals surface area (Å²) in [6, 6.07) is 14.2. The molecule has 0 saturated carbocycles. The lowest BCUT2D eigenvalue weighted by Crippen LogP contribution is -2.14. The molecule has 0 fully saturated rings. The number of thiazole rings is 1. The predicted molar refractivity (Wildman–Crippen MR) is 131 cm³/mol. The van der Waals surface area contributed by atoms with E-state index in [4.69, 9.17) is 16.6 Å². The monoisotopic (exact) mass is 470 g/mol. The molecule has 0 spiro atoms. The largest absolute Gasteiger partial charge is 0.311 e. The fraction of sp³-hybridized carbons (Fsp3) is 0.261. The lowest BCUT2D eigenvalue weighted by Gasteiger charge is -2.06. The lowest BCUT2D eigenvalue weighted by atomic mass is 10.2. The molecule has 2 heterocycles. The van der Waals surface area contributed by atoms with Crippen LogP contribution in [0, 0.1) is 20.8 Å². The van der Waals surface area contributed by atoms with Crippen LogP contribution >= 0.6 is 34.7 Å². The summed E-state index contributed by atoms with van der Waals surface area (Å²) >= 11 is 9.59. The summed E-state index contributed by atoms with van der Waals surface area (Å²) < 4.78 is 2.62. The Hall–Kier alpha value is -2.35. The molecule has 2 aromatic carbocycles. The number of hydrogen-bond acceptors (Lipinski definition) is 5. The van der Waals surface area contributed by atoms with Gasteiger partial charge in [0.25, 0.3) is 0 Å². The Morgan fingerprint density at radius 3 is 2.68 bits per heavy atom. The van der Waals surface area contributed by atoms with E-state index >= 15 is 0 Å². The quantitative estimate of drug-likeness (QED) is 0.245. The van der Waals surface area contributed by atoms with Crippen molar-refractivity contribution in [1.29, 1.82) is 0 Å². The van der Waals surface area contributed by atoms with E-state index in [1.54, 1.807) is 16.4 Å². The highest BCUT2D eigenvalue weighted by atomic mass is 35.5. The van der Waals surface area contributed by atoms with Gasteiger partial charge < -0.3 is 5.32 Å². The molecule has 0 radical (unpaired) electrons. The number of aryl methyl sites for hydroxylation is 3. The molecule has 1 amide bonds. The number of anilines is 1. The molecule has 0 atom stereocenters. The summed E-state index contributed by atoms with van der Waals surface area (Å²) in [7, 11) is 0. The first-order valence-corrected chi connectivity index (χ1v) is 12.2. The first-order chi connectivity index (χ1) is 14.9. The summed E-state index contributed by atoms with van der Waals surface area (Å²) in [5.74, 6) is 1.49. The summed E-state index contributed by atoms with van der Waals surface area (Å²) in [5.41, 5.74) is 3.99. The number of amides is 1. The third-order valence-electron chi connectivity index (χ3n) is 4.80. The number of carbonyl (C=O) groups is 1. The van der Waals surface area contributed by atoms with E-state index in [9.17, 15) is 4.79 Å². The van der Waals surface area contributed by atoms with Crippen molar-refractivity contribution in [2.75, 3.05) is 11.1 Å². The molecule has 0 aliphatic carbocycles. The van der Waals surface area contributed by atoms with Crippen molar-refractivity contribution in [3.05, 3.63) is 64.3 Å². The van der Waals surface area contributed by atoms with E-state index in [2.05, 4.69) is 41.6 Å². The molecule has 0 aliphatic heterocycles. The topological polar surface area (TPSA) is 59.8 Å². The zero-order chi connectivity index (χ0) is 22.0. The van der Waals surface area contributed by atoms with Crippen molar-refractivity contribution in [2.24, 2.45) is 0 Å². The summed E-state index contributed by atoms with van der Waals surface area (Å²) in [5, 5.41) is 8.89. The second-order valence-electron chi connectivity index (χ2n) is 7.43. The first-order valence-electron chi connectivity index (χ1n) is 10.0. The number of thioether (sulfide) groups is 1. The van der Waals surface area contributed by atoms with E-state index in [0.29, 0.717) is 22.4 Å². The van der Waals surface area contributed by atoms with E-state index in [-0.39, 0.29) is 5.91 Å². The van der Waals surface area contributed by atoms with Gasteiger partial charge in [-0.2, -0.15) is 9.78 Å². The van der Waals surface area contributed by atoms with Crippen LogP contribution < -0.4 is 5.32 Å². The van der Waals surface area contributed by atoms with Crippen LogP contribution in [0.1, 0.15) is 29.7 Å². The Bertz CT molecular complexity index is 1190. The summed E-state index contributed by atoms with van der Waals surface area (Å²) in [6.07, 6.45) is 1.25. The maximum absolute atomic E-state index is 12.5. The van der Waals surface area contributed by atoms with Crippen LogP contribution in [0.4, 0.5) is 5.82 Å². The number of halogens is 1. The molecule has 2 aromatic heterocycles. The molecule has 0 aliphatic rings. The van der Waals surface area contributed by atoms with Gasteiger partial charge in [-0.25, -0.2) is 4.98 Å². The van der Waals surface area contributed by atoms with Crippen LogP contribution in [0.25, 0.3) is 15.3 Å². The number of hydrogen-bond donors (Lipinski definition) is 1. The van der Waals surface area contributed by atoms with Gasteiger partial charge in [-0.15, -0.1) is 11.8 Å². The second kappa shape index (κ2) is 9.42. The Balaban J connectivity index is 1.41. The highest BCUT2D eigenvalue weighted by Gasteiger charge is 2.16. The van der Waals surface area contributed by atoms with E-state index in [1.807, 2.05) is 32.0 Å². The smallest absolute Gasteiger partial charge is 0.225 e. The zero-order valence-electron chi connectivity index (χ0n) is 17.6. The molecular formula is C23H23ClN4OS2. The minimum atomic E-state index is -0.0269. The van der Waals surface area contributed by atoms with Gasteiger partial charge >= 0.3 is 0 Å². The van der Waals surface area contributed by atoms with Crippen LogP contribution in [0.3, 0.4) is 0 Å². The first kappa shape index (κ1) is 21.9. The van der Waals surface area contributed by atoms with Crippen molar-refractivity contribution < 1.29 is 4.79 Å². The number of nitrogens with zero attached hydrogens (tertiary/aromatic N) is 3. The molecule has 0 unspecified atom stereocenters. The van der Waals surface area contributed by atoms with Crippen LogP contribution in [-0.2, 0) is 4.79 Å². The van der Waals surface area contributed by atoms with Gasteiger partial charge in [0.1, 0.15) is 5.82 Å². The third kappa shape index (κ3) is 5.11. The average molecular weight is 471 g/mol. The van der Waals surface area contributed by atoms with Crippen LogP contribution in [0.2, 0.25) is 5.02 Å². The Morgan fingerprint density at radius 2 is 1.94 bits per heavy atom. The van der Waals surface area contributed by atoms with Gasteiger partial charge in [0.05, 0.1) is 20.9 Å². The number of rotatable bonds is 7. The Kier molecular flexibility index (Phi) is 6.65. The van der Waals surface area contributed by atoms with Crippen molar-refractivity contribution >= 4 is 56.6 Å². The maximum Gasteiger partial charge on any atom is 0.225 e. The number of fused-ring (bicyclic) bond motifs is 1. The molecule has 5 nitrogen and oxygen atoms in total. The number of nitrogens with one attached hydrogen (secondary N) is 1. The van der Waals surface area contributed by atoms with Crippen molar-refractivity contribution in [1.82, 2.24) is 14.8 Å². The van der Waals surface area contributed by atoms with Crippen molar-refractivity contribution in [2.45, 2.75) is 38.5 Å². The van der Waals surface area contributed by atoms with Gasteiger partial charge in [0.2, 0.25) is 11.0 Å². The minimum Gasteiger partial charge on any atom is -0.311 e. The molecule has 4 aromatic rings. The number of benzene rings is 2. The molecule has 31 heavy (non-hydrogen) atoms. The molecule has 4 rings (SSSR count). The Morgan fingerprint density at radius 1 is 1.16 bits per heavy atom. The minimum absolute atomic E-state index is 0.0269.